The average molecular weight is 1310 g/mol. The molecule has 0 radical (unpaired) electrons. The summed E-state index contributed by atoms with van der Waals surface area (Å²) in [4.78, 5) is 36.0. The zero-order chi connectivity index (χ0) is 66.9. The van der Waals surface area contributed by atoms with Crippen molar-refractivity contribution in [2.45, 2.75) is 405 Å². The molecule has 9 nitrogen and oxygen atoms in total. The predicted molar refractivity (Wildman–Crippen MR) is 400 cm³/mol. The van der Waals surface area contributed by atoms with Gasteiger partial charge in [0, 0.05) is 12.8 Å². The van der Waals surface area contributed by atoms with Gasteiger partial charge in [-0.3, -0.25) is 18.6 Å². The van der Waals surface area contributed by atoms with Crippen LogP contribution in [0.2, 0.25) is 0 Å². The normalized spacial score (nSPS) is 13.3. The summed E-state index contributed by atoms with van der Waals surface area (Å²) in [6.07, 6.45) is 98.1. The fourth-order valence-corrected chi connectivity index (χ4v) is 12.7. The number of carbonyl (C=O) groups is 2. The highest BCUT2D eigenvalue weighted by molar-refractivity contribution is 7.47. The molecule has 0 heterocycles. The lowest BCUT2D eigenvalue weighted by molar-refractivity contribution is -0.870. The van der Waals surface area contributed by atoms with Gasteiger partial charge in [-0.1, -0.05) is 370 Å². The minimum Gasteiger partial charge on any atom is -0.462 e. The highest BCUT2D eigenvalue weighted by Crippen LogP contribution is 2.43. The summed E-state index contributed by atoms with van der Waals surface area (Å²) in [6, 6.07) is 0. The van der Waals surface area contributed by atoms with Crippen molar-refractivity contribution in [3.63, 3.8) is 0 Å². The first kappa shape index (κ1) is 89.7. The van der Waals surface area contributed by atoms with Crippen LogP contribution >= 0.6 is 7.82 Å². The molecule has 0 aromatic heterocycles. The second-order valence-electron chi connectivity index (χ2n) is 28.4. The first-order chi connectivity index (χ1) is 45.0. The summed E-state index contributed by atoms with van der Waals surface area (Å²) in [6.45, 7) is 4.39. The van der Waals surface area contributed by atoms with Gasteiger partial charge in [-0.05, 0) is 77.0 Å². The Morgan fingerprint density at radius 1 is 0.348 bits per heavy atom. The fraction of sp³-hybridized carbons (Fsp3) is 0.854. The van der Waals surface area contributed by atoms with Gasteiger partial charge in [0.25, 0.3) is 0 Å². The van der Waals surface area contributed by atoms with Crippen LogP contribution in [0, 0.1) is 0 Å². The minimum absolute atomic E-state index is 0.0332. The Hall–Kier alpha value is -2.29. The molecule has 0 aliphatic carbocycles. The maximum Gasteiger partial charge on any atom is 0.472 e. The zero-order valence-electron chi connectivity index (χ0n) is 61.8. The minimum atomic E-state index is -4.39. The van der Waals surface area contributed by atoms with E-state index in [9.17, 15) is 19.0 Å². The molecule has 0 aromatic rings. The van der Waals surface area contributed by atoms with Crippen LogP contribution in [-0.4, -0.2) is 74.9 Å². The van der Waals surface area contributed by atoms with E-state index in [1.54, 1.807) is 0 Å². The number of quaternary nitrogens is 1. The summed E-state index contributed by atoms with van der Waals surface area (Å²) in [5.74, 6) is -0.777. The average Bonchev–Trinajstić information content (AvgIpc) is 2.14. The van der Waals surface area contributed by atoms with Crippen LogP contribution in [0.4, 0.5) is 0 Å². The summed E-state index contributed by atoms with van der Waals surface area (Å²) >= 11 is 0. The Kier molecular flexibility index (Phi) is 71.2. The number of hydrogen-bond donors (Lipinski definition) is 1. The van der Waals surface area contributed by atoms with E-state index in [-0.39, 0.29) is 25.6 Å². The third-order valence-corrected chi connectivity index (χ3v) is 19.0. The van der Waals surface area contributed by atoms with Gasteiger partial charge in [0.05, 0.1) is 27.7 Å². The van der Waals surface area contributed by atoms with E-state index in [2.05, 4.69) is 74.6 Å². The number of unbranched alkanes of at least 4 members (excludes halogenated alkanes) is 51. The summed E-state index contributed by atoms with van der Waals surface area (Å²) in [7, 11) is 1.49. The van der Waals surface area contributed by atoms with Crippen LogP contribution in [0.25, 0.3) is 0 Å². The second-order valence-corrected chi connectivity index (χ2v) is 29.9. The molecule has 0 aliphatic heterocycles. The van der Waals surface area contributed by atoms with Crippen molar-refractivity contribution in [3.05, 3.63) is 60.8 Å². The molecule has 0 aromatic carbocycles. The molecule has 0 rings (SSSR count). The molecule has 10 heteroatoms. The summed E-state index contributed by atoms with van der Waals surface area (Å²) in [5.41, 5.74) is 0. The molecule has 0 saturated heterocycles. The van der Waals surface area contributed by atoms with E-state index < -0.39 is 26.5 Å². The van der Waals surface area contributed by atoms with Crippen LogP contribution in [0.3, 0.4) is 0 Å². The van der Waals surface area contributed by atoms with Gasteiger partial charge < -0.3 is 18.9 Å². The smallest absolute Gasteiger partial charge is 0.462 e. The number of rotatable bonds is 75. The van der Waals surface area contributed by atoms with Crippen LogP contribution < -0.4 is 0 Å². The Labute approximate surface area is 572 Å². The number of nitrogens with zero attached hydrogens (tertiary/aromatic N) is 1. The lowest BCUT2D eigenvalue weighted by Gasteiger charge is -2.24. The first-order valence-corrected chi connectivity index (χ1v) is 41.5. The van der Waals surface area contributed by atoms with E-state index in [1.165, 1.54) is 308 Å². The SMILES string of the molecule is CC/C=C\C/C=C\C/C=C\C/C=C\CCCCCCCCCCCCCCCCCCC(=O)OC(COC(=O)CCCCCCCCCCCCCCCCCCCCCCCCCCCCC/C=C\CCCCCCCCCC)COP(=O)(O)OCC[N+](C)(C)C. The maximum absolute atomic E-state index is 12.9. The highest BCUT2D eigenvalue weighted by Gasteiger charge is 2.27. The predicted octanol–water partition coefficient (Wildman–Crippen LogP) is 26.5. The largest absolute Gasteiger partial charge is 0.472 e. The number of hydrogen-bond acceptors (Lipinski definition) is 7. The summed E-state index contributed by atoms with van der Waals surface area (Å²) < 4.78 is 34.8. The van der Waals surface area contributed by atoms with Gasteiger partial charge >= 0.3 is 19.8 Å². The van der Waals surface area contributed by atoms with Crippen molar-refractivity contribution in [3.8, 4) is 0 Å². The number of carbonyl (C=O) groups excluding carboxylic acids is 2. The van der Waals surface area contributed by atoms with E-state index >= 15 is 0 Å². The molecular weight excluding hydrogens is 1160 g/mol. The van der Waals surface area contributed by atoms with E-state index in [1.807, 2.05) is 21.1 Å². The quantitative estimate of drug-likeness (QED) is 0.0211. The number of likely N-dealkylation sites (N-methyl/N-ethyl adjacent to an activating group) is 1. The lowest BCUT2D eigenvalue weighted by Crippen LogP contribution is -2.37. The lowest BCUT2D eigenvalue weighted by atomic mass is 10.0. The monoisotopic (exact) mass is 1310 g/mol. The standard InChI is InChI=1S/C82H154NO8P/c1-6-8-10-12-14-16-18-20-22-24-26-28-30-32-34-36-37-38-39-40-41-42-43-44-45-47-48-50-52-54-56-58-60-62-64-66-68-70-72-74-81(84)88-78-80(79-90-92(86,87)89-77-76-83(3,4)5)91-82(85)75-73-71-69-67-65-63-61-59-57-55-53-51-49-46-35-33-31-29-27-25-23-21-19-17-15-13-11-9-7-2/h9,11,15,17,21,23-24,26-27,29,80H,6-8,10,12-14,16,18-20,22,25,28,30-79H2,1-5H3/p+1/b11-9-,17-15-,23-21-,26-24-,29-27-. The highest BCUT2D eigenvalue weighted by atomic mass is 31.2. The maximum atomic E-state index is 12.9. The Bertz CT molecular complexity index is 1740. The van der Waals surface area contributed by atoms with Crippen molar-refractivity contribution in [2.75, 3.05) is 47.5 Å². The first-order valence-electron chi connectivity index (χ1n) is 40.0. The number of allylic oxidation sites excluding steroid dienone is 10. The van der Waals surface area contributed by atoms with Gasteiger partial charge in [0.15, 0.2) is 6.10 Å². The van der Waals surface area contributed by atoms with Crippen molar-refractivity contribution in [1.29, 1.82) is 0 Å². The number of ether oxygens (including phenoxy) is 2. The van der Waals surface area contributed by atoms with Gasteiger partial charge in [-0.15, -0.1) is 0 Å². The van der Waals surface area contributed by atoms with Crippen molar-refractivity contribution >= 4 is 19.8 Å². The van der Waals surface area contributed by atoms with Crippen molar-refractivity contribution < 1.29 is 42.1 Å². The van der Waals surface area contributed by atoms with Crippen LogP contribution in [0.5, 0.6) is 0 Å². The molecule has 0 saturated carbocycles. The molecule has 0 bridgehead atoms. The topological polar surface area (TPSA) is 108 Å². The second kappa shape index (κ2) is 73.0. The van der Waals surface area contributed by atoms with Gasteiger partial charge in [-0.25, -0.2) is 4.57 Å². The molecule has 92 heavy (non-hydrogen) atoms. The summed E-state index contributed by atoms with van der Waals surface area (Å²) in [5, 5.41) is 0. The van der Waals surface area contributed by atoms with E-state index in [4.69, 9.17) is 18.5 Å². The van der Waals surface area contributed by atoms with Crippen molar-refractivity contribution in [1.82, 2.24) is 0 Å². The molecule has 0 amide bonds. The molecule has 540 valence electrons. The molecule has 0 fully saturated rings. The zero-order valence-corrected chi connectivity index (χ0v) is 62.7. The number of esters is 2. The Morgan fingerprint density at radius 3 is 0.935 bits per heavy atom. The molecule has 0 spiro atoms. The Morgan fingerprint density at radius 2 is 0.620 bits per heavy atom. The third kappa shape index (κ3) is 76.7. The third-order valence-electron chi connectivity index (χ3n) is 18.0. The molecule has 2 atom stereocenters. The molecule has 1 N–H and O–H groups in total. The molecule has 0 aliphatic rings. The van der Waals surface area contributed by atoms with Crippen LogP contribution in [0.15, 0.2) is 60.8 Å². The van der Waals surface area contributed by atoms with Crippen LogP contribution in [-0.2, 0) is 32.7 Å². The fourth-order valence-electron chi connectivity index (χ4n) is 12.0. The van der Waals surface area contributed by atoms with E-state index in [0.717, 1.165) is 57.8 Å². The van der Waals surface area contributed by atoms with Gasteiger partial charge in [0.2, 0.25) is 0 Å². The van der Waals surface area contributed by atoms with Gasteiger partial charge in [0.1, 0.15) is 19.8 Å². The van der Waals surface area contributed by atoms with E-state index in [0.29, 0.717) is 23.9 Å². The van der Waals surface area contributed by atoms with Crippen molar-refractivity contribution in [2.24, 2.45) is 0 Å². The number of phosphoric ester groups is 1. The van der Waals surface area contributed by atoms with Gasteiger partial charge in [-0.2, -0.15) is 0 Å². The van der Waals surface area contributed by atoms with Crippen LogP contribution in [0.1, 0.15) is 399 Å². The molecular formula is C82H155NO8P+. The number of phosphoric acid groups is 1. The Balaban J connectivity index is 3.89. The molecule has 2 unspecified atom stereocenters.